The Morgan fingerprint density at radius 3 is 2.80 bits per heavy atom. The monoisotopic (exact) mass is 558 g/mol. The summed E-state index contributed by atoms with van der Waals surface area (Å²) in [5.74, 6) is -0.00307. The van der Waals surface area contributed by atoms with E-state index in [0.717, 1.165) is 51.1 Å². The molecule has 0 fully saturated rings. The van der Waals surface area contributed by atoms with Crippen molar-refractivity contribution < 1.29 is 24.2 Å². The van der Waals surface area contributed by atoms with Crippen molar-refractivity contribution in [2.75, 3.05) is 18.2 Å². The number of aromatic nitrogens is 1. The number of thioether (sulfide) groups is 1. The Bertz CT molecular complexity index is 1290. The summed E-state index contributed by atoms with van der Waals surface area (Å²) in [5, 5.41) is 13.7. The number of esters is 1. The van der Waals surface area contributed by atoms with E-state index in [9.17, 15) is 19.5 Å². The fraction of sp³-hybridized carbons (Fsp3) is 0.346. The molecule has 0 radical (unpaired) electrons. The number of hydrogen-bond acceptors (Lipinski definition) is 6. The summed E-state index contributed by atoms with van der Waals surface area (Å²) < 4.78 is 5.79. The summed E-state index contributed by atoms with van der Waals surface area (Å²) in [6.07, 6.45) is 2.18. The van der Waals surface area contributed by atoms with E-state index in [1.165, 1.54) is 19.6 Å². The molecule has 1 amide bonds. The van der Waals surface area contributed by atoms with Gasteiger partial charge in [-0.25, -0.2) is 0 Å². The molecule has 2 unspecified atom stereocenters. The summed E-state index contributed by atoms with van der Waals surface area (Å²) in [7, 11) is 1.33. The summed E-state index contributed by atoms with van der Waals surface area (Å²) in [6.45, 7) is 1.51. The first-order chi connectivity index (χ1) is 16.8. The van der Waals surface area contributed by atoms with E-state index < -0.39 is 5.92 Å². The van der Waals surface area contributed by atoms with E-state index in [1.807, 2.05) is 6.07 Å². The van der Waals surface area contributed by atoms with Crippen LogP contribution >= 0.6 is 27.7 Å². The fourth-order valence-electron chi connectivity index (χ4n) is 4.77. The zero-order valence-electron chi connectivity index (χ0n) is 19.5. The number of halogens is 1. The van der Waals surface area contributed by atoms with Gasteiger partial charge in [-0.05, 0) is 66.6 Å². The van der Waals surface area contributed by atoms with Gasteiger partial charge in [0.1, 0.15) is 11.6 Å². The molecular weight excluding hydrogens is 532 g/mol. The summed E-state index contributed by atoms with van der Waals surface area (Å²) in [6, 6.07) is 11.0. The predicted octanol–water partition coefficient (Wildman–Crippen LogP) is 5.31. The Morgan fingerprint density at radius 2 is 2.06 bits per heavy atom. The molecule has 3 N–H and O–H groups in total. The Balaban J connectivity index is 1.65. The largest absolute Gasteiger partial charge is 0.508 e. The third-order valence-electron chi connectivity index (χ3n) is 6.46. The molecule has 4 rings (SSSR count). The van der Waals surface area contributed by atoms with E-state index in [4.69, 9.17) is 4.74 Å². The molecule has 0 bridgehead atoms. The average Bonchev–Trinajstić information content (AvgIpc) is 3.37. The minimum absolute atomic E-state index is 0.00288. The summed E-state index contributed by atoms with van der Waals surface area (Å²) >= 11 is 4.68. The highest BCUT2D eigenvalue weighted by atomic mass is 79.9. The van der Waals surface area contributed by atoms with Gasteiger partial charge in [-0.2, -0.15) is 0 Å². The highest BCUT2D eigenvalue weighted by Gasteiger charge is 2.35. The normalized spacial score (nSPS) is 15.6. The average molecular weight is 559 g/mol. The second-order valence-corrected chi connectivity index (χ2v) is 10.8. The van der Waals surface area contributed by atoms with E-state index >= 15 is 0 Å². The zero-order valence-corrected chi connectivity index (χ0v) is 21.9. The minimum atomic E-state index is -0.417. The number of aryl methyl sites for hydroxylation is 2. The first-order valence-corrected chi connectivity index (χ1v) is 13.2. The van der Waals surface area contributed by atoms with E-state index in [2.05, 4.69) is 38.4 Å². The van der Waals surface area contributed by atoms with Gasteiger partial charge in [0, 0.05) is 40.0 Å². The van der Waals surface area contributed by atoms with Crippen LogP contribution in [0.15, 0.2) is 40.9 Å². The number of amides is 1. The maximum Gasteiger partial charge on any atom is 0.305 e. The third-order valence-corrected chi connectivity index (χ3v) is 7.89. The van der Waals surface area contributed by atoms with Gasteiger partial charge in [-0.3, -0.25) is 14.4 Å². The van der Waals surface area contributed by atoms with Gasteiger partial charge in [0.25, 0.3) is 0 Å². The topological polar surface area (TPSA) is 108 Å². The molecule has 9 heteroatoms. The van der Waals surface area contributed by atoms with Crippen LogP contribution in [0.4, 0.5) is 5.82 Å². The third kappa shape index (κ3) is 5.73. The first-order valence-electron chi connectivity index (χ1n) is 11.4. The number of methoxy groups -OCH3 is 1. The molecule has 3 aromatic rings. The molecule has 1 heterocycles. The Labute approximate surface area is 216 Å². The molecule has 35 heavy (non-hydrogen) atoms. The van der Waals surface area contributed by atoms with Gasteiger partial charge in [0.15, 0.2) is 5.12 Å². The molecular formula is C26H27BrN2O5S. The van der Waals surface area contributed by atoms with Crippen molar-refractivity contribution >= 4 is 61.4 Å². The number of H-pyrrole nitrogens is 1. The Hall–Kier alpha value is -2.78. The van der Waals surface area contributed by atoms with Crippen LogP contribution in [0.25, 0.3) is 10.9 Å². The second kappa shape index (κ2) is 10.9. The molecule has 2 aromatic carbocycles. The van der Waals surface area contributed by atoms with Crippen molar-refractivity contribution in [2.45, 2.75) is 38.5 Å². The molecule has 0 spiro atoms. The smallest absolute Gasteiger partial charge is 0.305 e. The van der Waals surface area contributed by atoms with Crippen molar-refractivity contribution in [1.82, 2.24) is 4.98 Å². The number of aromatic amines is 1. The van der Waals surface area contributed by atoms with Crippen molar-refractivity contribution in [3.63, 3.8) is 0 Å². The molecule has 7 nitrogen and oxygen atoms in total. The quantitative estimate of drug-likeness (QED) is 0.323. The molecule has 184 valence electrons. The van der Waals surface area contributed by atoms with Crippen molar-refractivity contribution in [2.24, 2.45) is 5.92 Å². The molecule has 1 aliphatic rings. The molecule has 0 saturated heterocycles. The number of ether oxygens (including phenoxy) is 1. The molecule has 1 aliphatic carbocycles. The number of carbonyl (C=O) groups is 3. The van der Waals surface area contributed by atoms with Crippen LogP contribution in [-0.2, 0) is 32.0 Å². The van der Waals surface area contributed by atoms with Gasteiger partial charge in [-0.1, -0.05) is 33.8 Å². The molecule has 1 aromatic heterocycles. The van der Waals surface area contributed by atoms with E-state index in [0.29, 0.717) is 18.0 Å². The van der Waals surface area contributed by atoms with Gasteiger partial charge in [0.2, 0.25) is 5.91 Å². The zero-order chi connectivity index (χ0) is 25.1. The van der Waals surface area contributed by atoms with Gasteiger partial charge < -0.3 is 20.1 Å². The number of benzene rings is 2. The van der Waals surface area contributed by atoms with Crippen molar-refractivity contribution in [1.29, 1.82) is 0 Å². The second-order valence-electron chi connectivity index (χ2n) is 8.67. The van der Waals surface area contributed by atoms with Gasteiger partial charge >= 0.3 is 5.97 Å². The molecule has 2 atom stereocenters. The highest BCUT2D eigenvalue weighted by molar-refractivity contribution is 9.10. The van der Waals surface area contributed by atoms with Crippen molar-refractivity contribution in [3.8, 4) is 5.75 Å². The first kappa shape index (κ1) is 25.3. The highest BCUT2D eigenvalue weighted by Crippen LogP contribution is 2.41. The van der Waals surface area contributed by atoms with Crippen molar-refractivity contribution in [3.05, 3.63) is 57.6 Å². The number of hydrogen-bond donors (Lipinski definition) is 3. The lowest BCUT2D eigenvalue weighted by molar-refractivity contribution is -0.140. The standard InChI is InChI=1S/C26H27BrN2O5S/c1-14(30)35-13-22(19-6-3-15-11-16(27)4-7-18(15)19)26(33)29-25-20(8-10-24(32)34-2)21-12-17(31)5-9-23(21)28-25/h4-5,7,9,11-12,19,22,28,31H,3,6,8,10,13H2,1-2H3,(H,29,33). The lowest BCUT2D eigenvalue weighted by Crippen LogP contribution is -2.30. The minimum Gasteiger partial charge on any atom is -0.508 e. The SMILES string of the molecule is COC(=O)CCc1c(NC(=O)C(CSC(C)=O)C2CCc3cc(Br)ccc32)[nH]c2ccc(O)cc12. The fourth-order valence-corrected chi connectivity index (χ4v) is 5.97. The molecule has 0 saturated carbocycles. The van der Waals surface area contributed by atoms with Crippen LogP contribution in [0.2, 0.25) is 0 Å². The maximum atomic E-state index is 13.7. The van der Waals surface area contributed by atoms with Crippen LogP contribution in [-0.4, -0.2) is 39.9 Å². The number of aromatic hydroxyl groups is 1. The maximum absolute atomic E-state index is 13.7. The lowest BCUT2D eigenvalue weighted by Gasteiger charge is -2.23. The lowest BCUT2D eigenvalue weighted by atomic mass is 9.87. The number of fused-ring (bicyclic) bond motifs is 2. The molecule has 0 aliphatic heterocycles. The Morgan fingerprint density at radius 1 is 1.26 bits per heavy atom. The number of rotatable bonds is 8. The van der Waals surface area contributed by atoms with Crippen LogP contribution in [0.1, 0.15) is 42.4 Å². The number of anilines is 1. The summed E-state index contributed by atoms with van der Waals surface area (Å²) in [4.78, 5) is 40.5. The number of carbonyl (C=O) groups excluding carboxylic acids is 3. The number of phenols is 1. The van der Waals surface area contributed by atoms with E-state index in [1.54, 1.807) is 18.2 Å². The Kier molecular flexibility index (Phi) is 7.86. The van der Waals surface area contributed by atoms with Gasteiger partial charge in [0.05, 0.1) is 13.0 Å². The van der Waals surface area contributed by atoms with Crippen LogP contribution < -0.4 is 5.32 Å². The predicted molar refractivity (Wildman–Crippen MR) is 141 cm³/mol. The number of nitrogens with one attached hydrogen (secondary N) is 2. The van der Waals surface area contributed by atoms with Crippen LogP contribution in [0.3, 0.4) is 0 Å². The van der Waals surface area contributed by atoms with E-state index in [-0.39, 0.29) is 35.1 Å². The summed E-state index contributed by atoms with van der Waals surface area (Å²) in [5.41, 5.74) is 3.83. The van der Waals surface area contributed by atoms with Crippen LogP contribution in [0, 0.1) is 5.92 Å². The number of phenolic OH excluding ortho intramolecular Hbond substituents is 1. The van der Waals surface area contributed by atoms with Gasteiger partial charge in [-0.15, -0.1) is 0 Å². The van der Waals surface area contributed by atoms with Crippen LogP contribution in [0.5, 0.6) is 5.75 Å².